The zero-order valence-electron chi connectivity index (χ0n) is 14.5. The Kier molecular flexibility index (Phi) is 7.18. The van der Waals surface area contributed by atoms with Gasteiger partial charge in [-0.15, -0.1) is 12.4 Å². The third-order valence-corrected chi connectivity index (χ3v) is 4.10. The summed E-state index contributed by atoms with van der Waals surface area (Å²) in [6.07, 6.45) is 1.50. The van der Waals surface area contributed by atoms with Crippen LogP contribution in [0.15, 0.2) is 68.2 Å². The monoisotopic (exact) mass is 377 g/mol. The molecule has 3 aromatic rings. The number of benzene rings is 2. The summed E-state index contributed by atoms with van der Waals surface area (Å²) < 4.78 is 23.4. The molecule has 1 aromatic heterocycles. The van der Waals surface area contributed by atoms with Crippen LogP contribution in [0.3, 0.4) is 0 Å². The van der Waals surface area contributed by atoms with E-state index in [0.29, 0.717) is 23.5 Å². The third kappa shape index (κ3) is 5.31. The molecule has 0 aliphatic carbocycles. The third-order valence-electron chi connectivity index (χ3n) is 4.10. The topological polar surface area (TPSA) is 46.6 Å². The molecule has 0 N–H and O–H groups in total. The van der Waals surface area contributed by atoms with Gasteiger partial charge < -0.3 is 13.7 Å². The van der Waals surface area contributed by atoms with Crippen LogP contribution in [0.4, 0.5) is 4.39 Å². The van der Waals surface area contributed by atoms with Gasteiger partial charge in [-0.2, -0.15) is 0 Å². The summed E-state index contributed by atoms with van der Waals surface area (Å²) in [6.45, 7) is 1.63. The lowest BCUT2D eigenvalue weighted by Crippen LogP contribution is -2.23. The van der Waals surface area contributed by atoms with Crippen LogP contribution in [0.5, 0.6) is 0 Å². The largest absolute Gasteiger partial charge is 0.519 e. The molecular formula is C20H21ClFNO3. The number of halogens is 2. The zero-order chi connectivity index (χ0) is 17.6. The number of rotatable bonds is 7. The summed E-state index contributed by atoms with van der Waals surface area (Å²) >= 11 is 0. The minimum atomic E-state index is -0.735. The Labute approximate surface area is 157 Å². The first-order valence-corrected chi connectivity index (χ1v) is 8.23. The maximum Gasteiger partial charge on any atom is 0.519 e. The van der Waals surface area contributed by atoms with Gasteiger partial charge in [0, 0.05) is 25.1 Å². The molecule has 0 aliphatic rings. The number of hydrogen-bond acceptors (Lipinski definition) is 4. The zero-order valence-corrected chi connectivity index (χ0v) is 15.3. The maximum atomic E-state index is 13.1. The van der Waals surface area contributed by atoms with E-state index in [-0.39, 0.29) is 18.2 Å². The van der Waals surface area contributed by atoms with Crippen LogP contribution in [0.2, 0.25) is 0 Å². The number of nitrogens with zero attached hydrogens (tertiary/aromatic N) is 1. The average Bonchev–Trinajstić information content (AvgIpc) is 3.00. The summed E-state index contributed by atoms with van der Waals surface area (Å²) in [4.78, 5) is 13.7. The van der Waals surface area contributed by atoms with E-state index >= 15 is 0 Å². The second-order valence-electron chi connectivity index (χ2n) is 6.00. The van der Waals surface area contributed by atoms with Gasteiger partial charge in [-0.25, -0.2) is 9.18 Å². The molecule has 0 spiro atoms. The highest BCUT2D eigenvalue weighted by atomic mass is 35.5. The predicted molar refractivity (Wildman–Crippen MR) is 101 cm³/mol. The van der Waals surface area contributed by atoms with E-state index in [1.165, 1.54) is 17.7 Å². The minimum absolute atomic E-state index is 0. The molecule has 3 rings (SSSR count). The highest BCUT2D eigenvalue weighted by Gasteiger charge is 2.15. The molecule has 4 nitrogen and oxygen atoms in total. The molecule has 1 heterocycles. The Hall–Kier alpha value is -2.37. The second-order valence-corrected chi connectivity index (χ2v) is 6.00. The lowest BCUT2D eigenvalue weighted by atomic mass is 10.1. The molecule has 26 heavy (non-hydrogen) atoms. The Balaban J connectivity index is 0.00000243. The smallest absolute Gasteiger partial charge is 0.395 e. The van der Waals surface area contributed by atoms with E-state index < -0.39 is 5.82 Å². The van der Waals surface area contributed by atoms with Gasteiger partial charge in [-0.3, -0.25) is 0 Å². The molecule has 0 saturated carbocycles. The van der Waals surface area contributed by atoms with Crippen molar-refractivity contribution in [2.75, 3.05) is 20.1 Å². The van der Waals surface area contributed by atoms with Gasteiger partial charge in [-0.1, -0.05) is 30.3 Å². The van der Waals surface area contributed by atoms with Crippen LogP contribution in [-0.2, 0) is 12.8 Å². The SMILES string of the molecule is CN(CCc1ccccc1)CCc1oc(=O)oc1-c1ccc(F)cc1.Cl. The van der Waals surface area contributed by atoms with Crippen molar-refractivity contribution in [3.63, 3.8) is 0 Å². The summed E-state index contributed by atoms with van der Waals surface area (Å²) in [7, 11) is 2.03. The molecule has 0 aliphatic heterocycles. The fraction of sp³-hybridized carbons (Fsp3) is 0.250. The lowest BCUT2D eigenvalue weighted by molar-refractivity contribution is 0.323. The van der Waals surface area contributed by atoms with Crippen LogP contribution in [0, 0.1) is 5.82 Å². The summed E-state index contributed by atoms with van der Waals surface area (Å²) in [5.74, 6) is -0.206. The van der Waals surface area contributed by atoms with Crippen molar-refractivity contribution in [3.05, 3.63) is 82.4 Å². The number of likely N-dealkylation sites (N-methyl/N-ethyl adjacent to an activating group) is 1. The van der Waals surface area contributed by atoms with Crippen molar-refractivity contribution < 1.29 is 13.2 Å². The van der Waals surface area contributed by atoms with Gasteiger partial charge in [-0.05, 0) is 43.3 Å². The van der Waals surface area contributed by atoms with Gasteiger partial charge in [0.05, 0.1) is 0 Å². The fourth-order valence-corrected chi connectivity index (χ4v) is 2.66. The molecule has 0 radical (unpaired) electrons. The Bertz CT molecular complexity index is 859. The standard InChI is InChI=1S/C20H20FNO3.ClH/c1-22(13-11-15-5-3-2-4-6-15)14-12-18-19(25-20(23)24-18)16-7-9-17(21)10-8-16;/h2-10H,11-14H2,1H3;1H. The van der Waals surface area contributed by atoms with E-state index in [4.69, 9.17) is 8.83 Å². The van der Waals surface area contributed by atoms with Crippen LogP contribution in [0.1, 0.15) is 11.3 Å². The van der Waals surface area contributed by atoms with Gasteiger partial charge in [0.2, 0.25) is 0 Å². The molecule has 0 fully saturated rings. The molecule has 0 amide bonds. The maximum absolute atomic E-state index is 13.1. The molecule has 138 valence electrons. The van der Waals surface area contributed by atoms with E-state index in [2.05, 4.69) is 17.0 Å². The predicted octanol–water partition coefficient (Wildman–Crippen LogP) is 4.18. The quantitative estimate of drug-likeness (QED) is 0.619. The highest BCUT2D eigenvalue weighted by Crippen LogP contribution is 2.23. The molecule has 0 saturated heterocycles. The lowest BCUT2D eigenvalue weighted by Gasteiger charge is -2.15. The van der Waals surface area contributed by atoms with Gasteiger partial charge in [0.25, 0.3) is 0 Å². The first-order valence-electron chi connectivity index (χ1n) is 8.23. The van der Waals surface area contributed by atoms with E-state index in [1.807, 2.05) is 25.2 Å². The van der Waals surface area contributed by atoms with Gasteiger partial charge >= 0.3 is 5.82 Å². The van der Waals surface area contributed by atoms with Crippen molar-refractivity contribution in [3.8, 4) is 11.3 Å². The molecule has 6 heteroatoms. The van der Waals surface area contributed by atoms with Gasteiger partial charge in [0.1, 0.15) is 5.82 Å². The Morgan fingerprint density at radius 2 is 1.58 bits per heavy atom. The molecule has 0 atom stereocenters. The molecular weight excluding hydrogens is 357 g/mol. The summed E-state index contributed by atoms with van der Waals surface area (Å²) in [6, 6.07) is 16.1. The van der Waals surface area contributed by atoms with Crippen LogP contribution < -0.4 is 5.82 Å². The van der Waals surface area contributed by atoms with Crippen molar-refractivity contribution in [2.45, 2.75) is 12.8 Å². The van der Waals surface area contributed by atoms with E-state index in [9.17, 15) is 9.18 Å². The molecule has 2 aromatic carbocycles. The number of hydrogen-bond donors (Lipinski definition) is 0. The molecule has 0 unspecified atom stereocenters. The van der Waals surface area contributed by atoms with E-state index in [1.54, 1.807) is 12.1 Å². The normalized spacial score (nSPS) is 10.7. The van der Waals surface area contributed by atoms with Crippen molar-refractivity contribution in [1.29, 1.82) is 0 Å². The first kappa shape index (κ1) is 19.9. The van der Waals surface area contributed by atoms with Crippen molar-refractivity contribution in [1.82, 2.24) is 4.90 Å². The van der Waals surface area contributed by atoms with Crippen molar-refractivity contribution in [2.24, 2.45) is 0 Å². The summed E-state index contributed by atoms with van der Waals surface area (Å²) in [5, 5.41) is 0. The van der Waals surface area contributed by atoms with Crippen LogP contribution in [-0.4, -0.2) is 25.0 Å². The van der Waals surface area contributed by atoms with Crippen LogP contribution in [0.25, 0.3) is 11.3 Å². The Morgan fingerprint density at radius 3 is 2.27 bits per heavy atom. The second kappa shape index (κ2) is 9.36. The minimum Gasteiger partial charge on any atom is -0.395 e. The highest BCUT2D eigenvalue weighted by molar-refractivity contribution is 5.85. The fourth-order valence-electron chi connectivity index (χ4n) is 2.66. The van der Waals surface area contributed by atoms with E-state index in [0.717, 1.165) is 19.5 Å². The van der Waals surface area contributed by atoms with Crippen molar-refractivity contribution >= 4 is 12.4 Å². The molecule has 0 bridgehead atoms. The van der Waals surface area contributed by atoms with Gasteiger partial charge in [0.15, 0.2) is 11.5 Å². The first-order chi connectivity index (χ1) is 12.1. The van der Waals surface area contributed by atoms with Crippen LogP contribution >= 0.6 is 12.4 Å². The summed E-state index contributed by atoms with van der Waals surface area (Å²) in [5.41, 5.74) is 1.92. The average molecular weight is 378 g/mol. The Morgan fingerprint density at radius 1 is 0.923 bits per heavy atom.